The highest BCUT2D eigenvalue weighted by Crippen LogP contribution is 2.22. The molecule has 6 nitrogen and oxygen atoms in total. The topological polar surface area (TPSA) is 84.2 Å². The van der Waals surface area contributed by atoms with Crippen LogP contribution in [0.1, 0.15) is 24.9 Å². The summed E-state index contributed by atoms with van der Waals surface area (Å²) in [5, 5.41) is 3.17. The fourth-order valence-corrected chi connectivity index (χ4v) is 3.15. The Bertz CT molecular complexity index is 681. The molecule has 0 unspecified atom stereocenters. The molecule has 0 aromatic carbocycles. The normalized spacial score (nSPS) is 11.5. The Balaban J connectivity index is 2.16. The van der Waals surface area contributed by atoms with Gasteiger partial charge in [0.15, 0.2) is 0 Å². The summed E-state index contributed by atoms with van der Waals surface area (Å²) >= 11 is 0. The van der Waals surface area contributed by atoms with E-state index < -0.39 is 10.0 Å². The summed E-state index contributed by atoms with van der Waals surface area (Å²) in [6.07, 6.45) is 4.04. The van der Waals surface area contributed by atoms with E-state index in [9.17, 15) is 8.42 Å². The molecule has 0 atom stereocenters. The van der Waals surface area contributed by atoms with E-state index in [1.54, 1.807) is 31.3 Å². The minimum Gasteiger partial charge on any atom is -0.464 e. The third kappa shape index (κ3) is 4.05. The van der Waals surface area contributed by atoms with Crippen LogP contribution in [0.2, 0.25) is 0 Å². The summed E-state index contributed by atoms with van der Waals surface area (Å²) in [6, 6.07) is 4.86. The minimum absolute atomic E-state index is 0.152. The van der Waals surface area contributed by atoms with Crippen molar-refractivity contribution in [3.05, 3.63) is 42.1 Å². The number of rotatable bonds is 7. The van der Waals surface area contributed by atoms with Crippen LogP contribution in [0, 0.1) is 6.92 Å². The van der Waals surface area contributed by atoms with Gasteiger partial charge in [0.25, 0.3) is 10.0 Å². The Morgan fingerprint density at radius 2 is 2.19 bits per heavy atom. The molecule has 114 valence electrons. The van der Waals surface area contributed by atoms with E-state index in [0.29, 0.717) is 23.8 Å². The van der Waals surface area contributed by atoms with E-state index in [1.165, 1.54) is 6.20 Å². The number of hydrogen-bond acceptors (Lipinski definition) is 5. The molecule has 2 aromatic rings. The van der Waals surface area contributed by atoms with E-state index in [1.807, 2.05) is 0 Å². The smallest absolute Gasteiger partial charge is 0.265 e. The van der Waals surface area contributed by atoms with Crippen molar-refractivity contribution < 1.29 is 12.8 Å². The monoisotopic (exact) mass is 309 g/mol. The second-order valence-electron chi connectivity index (χ2n) is 4.66. The molecule has 0 aliphatic carbocycles. The maximum absolute atomic E-state index is 12.3. The molecule has 2 heterocycles. The zero-order valence-corrected chi connectivity index (χ0v) is 12.9. The molecule has 2 aromatic heterocycles. The number of pyridine rings is 1. The Kier molecular flexibility index (Phi) is 4.98. The second-order valence-corrected chi connectivity index (χ2v) is 6.31. The molecule has 0 amide bonds. The first-order valence-electron chi connectivity index (χ1n) is 6.76. The van der Waals surface area contributed by atoms with Crippen molar-refractivity contribution in [2.75, 3.05) is 11.3 Å². The zero-order valence-electron chi connectivity index (χ0n) is 12.1. The maximum Gasteiger partial charge on any atom is 0.265 e. The van der Waals surface area contributed by atoms with Crippen molar-refractivity contribution in [2.24, 2.45) is 0 Å². The standard InChI is InChI=1S/C14H19N3O3S/c1-3-6-15-10-13-8-14(11(2)20-13)21(18,19)17-12-5-4-7-16-9-12/h4-5,7-9,15,17H,3,6,10H2,1-2H3. The van der Waals surface area contributed by atoms with Crippen LogP contribution < -0.4 is 10.0 Å². The highest BCUT2D eigenvalue weighted by molar-refractivity contribution is 7.92. The summed E-state index contributed by atoms with van der Waals surface area (Å²) in [6.45, 7) is 5.07. The molecule has 2 rings (SSSR count). The zero-order chi connectivity index (χ0) is 15.3. The van der Waals surface area contributed by atoms with Crippen molar-refractivity contribution in [2.45, 2.75) is 31.7 Å². The Labute approximate surface area is 124 Å². The Morgan fingerprint density at radius 1 is 1.38 bits per heavy atom. The predicted octanol–water partition coefficient (Wildman–Crippen LogP) is 2.28. The van der Waals surface area contributed by atoms with E-state index in [4.69, 9.17) is 4.42 Å². The highest BCUT2D eigenvalue weighted by atomic mass is 32.2. The summed E-state index contributed by atoms with van der Waals surface area (Å²) < 4.78 is 32.7. The van der Waals surface area contributed by atoms with E-state index >= 15 is 0 Å². The van der Waals surface area contributed by atoms with Crippen molar-refractivity contribution in [3.63, 3.8) is 0 Å². The van der Waals surface area contributed by atoms with Gasteiger partial charge in [-0.3, -0.25) is 9.71 Å². The SMILES string of the molecule is CCCNCc1cc(S(=O)(=O)Nc2cccnc2)c(C)o1. The lowest BCUT2D eigenvalue weighted by molar-refractivity contribution is 0.457. The molecule has 7 heteroatoms. The molecular formula is C14H19N3O3S. The number of aryl methyl sites for hydroxylation is 1. The van der Waals surface area contributed by atoms with Gasteiger partial charge in [-0.15, -0.1) is 0 Å². The molecule has 0 saturated carbocycles. The van der Waals surface area contributed by atoms with Crippen LogP contribution in [0.5, 0.6) is 0 Å². The molecule has 0 aliphatic heterocycles. The first-order valence-corrected chi connectivity index (χ1v) is 8.24. The summed E-state index contributed by atoms with van der Waals surface area (Å²) in [7, 11) is -3.67. The van der Waals surface area contributed by atoms with Gasteiger partial charge in [-0.2, -0.15) is 0 Å². The molecule has 0 saturated heterocycles. The van der Waals surface area contributed by atoms with Crippen LogP contribution in [-0.2, 0) is 16.6 Å². The summed E-state index contributed by atoms with van der Waals surface area (Å²) in [5.41, 5.74) is 0.420. The number of aromatic nitrogens is 1. The molecule has 2 N–H and O–H groups in total. The number of sulfonamides is 1. The largest absolute Gasteiger partial charge is 0.464 e. The Morgan fingerprint density at radius 3 is 2.86 bits per heavy atom. The molecular weight excluding hydrogens is 290 g/mol. The van der Waals surface area contributed by atoms with Gasteiger partial charge < -0.3 is 9.73 Å². The lowest BCUT2D eigenvalue weighted by atomic mass is 10.4. The number of nitrogens with one attached hydrogen (secondary N) is 2. The van der Waals surface area contributed by atoms with Crippen LogP contribution in [0.4, 0.5) is 5.69 Å². The van der Waals surface area contributed by atoms with Crippen molar-refractivity contribution >= 4 is 15.7 Å². The summed E-state index contributed by atoms with van der Waals surface area (Å²) in [5.74, 6) is 0.979. The Hall–Kier alpha value is -1.86. The number of hydrogen-bond donors (Lipinski definition) is 2. The number of furan rings is 1. The number of nitrogens with zero attached hydrogens (tertiary/aromatic N) is 1. The van der Waals surface area contributed by atoms with Crippen LogP contribution in [0.25, 0.3) is 0 Å². The lowest BCUT2D eigenvalue weighted by Crippen LogP contribution is -2.14. The van der Waals surface area contributed by atoms with Gasteiger partial charge >= 0.3 is 0 Å². The molecule has 0 spiro atoms. The van der Waals surface area contributed by atoms with Gasteiger partial charge in [0.2, 0.25) is 0 Å². The van der Waals surface area contributed by atoms with Crippen LogP contribution >= 0.6 is 0 Å². The third-order valence-electron chi connectivity index (χ3n) is 2.85. The first-order chi connectivity index (χ1) is 10.0. The molecule has 0 fully saturated rings. The fraction of sp³-hybridized carbons (Fsp3) is 0.357. The predicted molar refractivity (Wildman–Crippen MR) is 80.5 cm³/mol. The van der Waals surface area contributed by atoms with Crippen LogP contribution in [0.3, 0.4) is 0 Å². The number of anilines is 1. The van der Waals surface area contributed by atoms with Gasteiger partial charge in [-0.25, -0.2) is 8.42 Å². The quantitative estimate of drug-likeness (QED) is 0.767. The lowest BCUT2D eigenvalue weighted by Gasteiger charge is -2.05. The fourth-order valence-electron chi connectivity index (χ4n) is 1.90. The van der Waals surface area contributed by atoms with Crippen LogP contribution in [-0.4, -0.2) is 19.9 Å². The molecule has 21 heavy (non-hydrogen) atoms. The van der Waals surface area contributed by atoms with Crippen LogP contribution in [0.15, 0.2) is 39.9 Å². The van der Waals surface area contributed by atoms with Gasteiger partial charge in [-0.05, 0) is 32.0 Å². The average Bonchev–Trinajstić information content (AvgIpc) is 2.82. The second kappa shape index (κ2) is 6.73. The van der Waals surface area contributed by atoms with Gasteiger partial charge in [0.1, 0.15) is 16.4 Å². The molecule has 0 bridgehead atoms. The summed E-state index contributed by atoms with van der Waals surface area (Å²) in [4.78, 5) is 4.03. The van der Waals surface area contributed by atoms with Gasteiger partial charge in [0.05, 0.1) is 18.4 Å². The maximum atomic E-state index is 12.3. The van der Waals surface area contributed by atoms with E-state index in [2.05, 4.69) is 21.9 Å². The minimum atomic E-state index is -3.67. The average molecular weight is 309 g/mol. The molecule has 0 aliphatic rings. The third-order valence-corrected chi connectivity index (χ3v) is 4.34. The highest BCUT2D eigenvalue weighted by Gasteiger charge is 2.21. The van der Waals surface area contributed by atoms with Crippen molar-refractivity contribution in [3.8, 4) is 0 Å². The van der Waals surface area contributed by atoms with Crippen molar-refractivity contribution in [1.29, 1.82) is 0 Å². The van der Waals surface area contributed by atoms with E-state index in [0.717, 1.165) is 13.0 Å². The van der Waals surface area contributed by atoms with Crippen molar-refractivity contribution in [1.82, 2.24) is 10.3 Å². The van der Waals surface area contributed by atoms with Gasteiger partial charge in [-0.1, -0.05) is 6.92 Å². The first kappa shape index (κ1) is 15.5. The molecule has 0 radical (unpaired) electrons. The van der Waals surface area contributed by atoms with E-state index in [-0.39, 0.29) is 4.90 Å². The van der Waals surface area contributed by atoms with Gasteiger partial charge in [0, 0.05) is 12.3 Å².